The van der Waals surface area contributed by atoms with Gasteiger partial charge in [-0.3, -0.25) is 9.69 Å². The maximum Gasteiger partial charge on any atom is 0.407 e. The molecule has 0 saturated heterocycles. The van der Waals surface area contributed by atoms with E-state index in [1.165, 1.54) is 6.08 Å². The molecule has 4 amide bonds. The number of benzene rings is 2. The van der Waals surface area contributed by atoms with Crippen LogP contribution >= 0.6 is 0 Å². The van der Waals surface area contributed by atoms with Crippen molar-refractivity contribution in [2.45, 2.75) is 39.3 Å². The van der Waals surface area contributed by atoms with Gasteiger partial charge in [0, 0.05) is 24.3 Å². The Morgan fingerprint density at radius 1 is 0.970 bits per heavy atom. The molecule has 0 radical (unpaired) electrons. The zero-order valence-electron chi connectivity index (χ0n) is 19.4. The van der Waals surface area contributed by atoms with Crippen LogP contribution in [0.4, 0.5) is 15.3 Å². The highest BCUT2D eigenvalue weighted by Gasteiger charge is 2.24. The van der Waals surface area contributed by atoms with Crippen molar-refractivity contribution in [2.24, 2.45) is 0 Å². The zero-order valence-corrected chi connectivity index (χ0v) is 19.4. The molecule has 7 heteroatoms. The van der Waals surface area contributed by atoms with Crippen molar-refractivity contribution in [3.8, 4) is 0 Å². The first-order valence-electron chi connectivity index (χ1n) is 10.6. The normalized spacial score (nSPS) is 10.6. The lowest BCUT2D eigenvalue weighted by Crippen LogP contribution is -2.40. The van der Waals surface area contributed by atoms with Crippen molar-refractivity contribution in [3.63, 3.8) is 0 Å². The Balaban J connectivity index is 2.20. The Bertz CT molecular complexity index is 1020. The average Bonchev–Trinajstić information content (AvgIpc) is 2.76. The first-order chi connectivity index (χ1) is 15.7. The quantitative estimate of drug-likeness (QED) is 0.535. The van der Waals surface area contributed by atoms with E-state index >= 15 is 0 Å². The van der Waals surface area contributed by atoms with Crippen LogP contribution in [0.5, 0.6) is 0 Å². The van der Waals surface area contributed by atoms with E-state index in [0.29, 0.717) is 23.2 Å². The molecule has 0 heterocycles. The summed E-state index contributed by atoms with van der Waals surface area (Å²) in [7, 11) is 0. The molecule has 2 rings (SSSR count). The summed E-state index contributed by atoms with van der Waals surface area (Å²) < 4.78 is 5.25. The van der Waals surface area contributed by atoms with Crippen LogP contribution in [0.2, 0.25) is 0 Å². The van der Waals surface area contributed by atoms with E-state index in [1.807, 2.05) is 12.1 Å². The Morgan fingerprint density at radius 3 is 2.24 bits per heavy atom. The van der Waals surface area contributed by atoms with Crippen LogP contribution in [0.25, 0.3) is 0 Å². The summed E-state index contributed by atoms with van der Waals surface area (Å²) in [5.41, 5.74) is 1.72. The lowest BCUT2D eigenvalue weighted by atomic mass is 10.0. The van der Waals surface area contributed by atoms with Gasteiger partial charge in [0.25, 0.3) is 5.91 Å². The number of hydrogen-bond donors (Lipinski definition) is 2. The van der Waals surface area contributed by atoms with Crippen molar-refractivity contribution in [2.75, 3.05) is 11.9 Å². The van der Waals surface area contributed by atoms with Crippen molar-refractivity contribution in [1.82, 2.24) is 10.2 Å². The lowest BCUT2D eigenvalue weighted by molar-refractivity contribution is 0.0523. The third kappa shape index (κ3) is 7.64. The van der Waals surface area contributed by atoms with Crippen molar-refractivity contribution < 1.29 is 19.1 Å². The maximum atomic E-state index is 13.2. The number of ether oxygens (including phenoxy) is 1. The summed E-state index contributed by atoms with van der Waals surface area (Å²) in [4.78, 5) is 39.4. The Labute approximate surface area is 195 Å². The highest BCUT2D eigenvalue weighted by molar-refractivity contribution is 6.09. The van der Waals surface area contributed by atoms with E-state index in [4.69, 9.17) is 4.74 Å². The number of hydrogen-bond acceptors (Lipinski definition) is 4. The number of carbonyl (C=O) groups is 3. The van der Waals surface area contributed by atoms with Gasteiger partial charge in [0.05, 0.1) is 0 Å². The molecular weight excluding hydrogens is 418 g/mol. The molecule has 0 unspecified atom stereocenters. The molecule has 0 bridgehead atoms. The number of amides is 4. The number of nitrogens with zero attached hydrogens (tertiary/aromatic N) is 1. The third-order valence-electron chi connectivity index (χ3n) is 4.50. The summed E-state index contributed by atoms with van der Waals surface area (Å²) >= 11 is 0. The maximum absolute atomic E-state index is 13.2. The summed E-state index contributed by atoms with van der Waals surface area (Å²) in [5, 5.41) is 5.45. The fourth-order valence-electron chi connectivity index (χ4n) is 3.06. The number of nitrogens with one attached hydrogen (secondary N) is 2. The predicted molar refractivity (Wildman–Crippen MR) is 130 cm³/mol. The van der Waals surface area contributed by atoms with Gasteiger partial charge in [-0.2, -0.15) is 0 Å². The zero-order chi connectivity index (χ0) is 24.4. The minimum absolute atomic E-state index is 0.0332. The van der Waals surface area contributed by atoms with Gasteiger partial charge in [-0.05, 0) is 50.5 Å². The molecule has 0 saturated carbocycles. The van der Waals surface area contributed by atoms with Gasteiger partial charge >= 0.3 is 12.1 Å². The average molecular weight is 450 g/mol. The van der Waals surface area contributed by atoms with Gasteiger partial charge in [-0.25, -0.2) is 9.59 Å². The number of para-hydroxylation sites is 1. The second kappa shape index (κ2) is 11.7. The summed E-state index contributed by atoms with van der Waals surface area (Å²) in [6.07, 6.45) is 3.14. The Morgan fingerprint density at radius 2 is 1.61 bits per heavy atom. The highest BCUT2D eigenvalue weighted by Crippen LogP contribution is 2.18. The lowest BCUT2D eigenvalue weighted by Gasteiger charge is -2.22. The molecule has 0 fully saturated rings. The molecule has 7 nitrogen and oxygen atoms in total. The molecule has 0 atom stereocenters. The molecule has 174 valence electrons. The molecule has 0 aromatic heterocycles. The smallest absolute Gasteiger partial charge is 0.407 e. The summed E-state index contributed by atoms with van der Waals surface area (Å²) in [5.74, 6) is -0.436. The topological polar surface area (TPSA) is 87.7 Å². The molecule has 0 aliphatic rings. The van der Waals surface area contributed by atoms with Crippen LogP contribution in [-0.4, -0.2) is 35.1 Å². The van der Waals surface area contributed by atoms with E-state index in [1.54, 1.807) is 63.2 Å². The summed E-state index contributed by atoms with van der Waals surface area (Å²) in [6, 6.07) is 13.5. The van der Waals surface area contributed by atoms with Crippen LogP contribution in [0.3, 0.4) is 0 Å². The fourth-order valence-corrected chi connectivity index (χ4v) is 3.06. The fraction of sp³-hybridized carbons (Fsp3) is 0.269. The molecule has 0 spiro atoms. The monoisotopic (exact) mass is 449 g/mol. The first-order valence-corrected chi connectivity index (χ1v) is 10.6. The van der Waals surface area contributed by atoms with Gasteiger partial charge in [0.1, 0.15) is 5.60 Å². The van der Waals surface area contributed by atoms with Crippen molar-refractivity contribution in [1.29, 1.82) is 0 Å². The summed E-state index contributed by atoms with van der Waals surface area (Å²) in [6.45, 7) is 12.9. The number of rotatable bonds is 8. The Kier molecular flexibility index (Phi) is 8.98. The van der Waals surface area contributed by atoms with E-state index in [2.05, 4.69) is 23.8 Å². The number of anilines is 1. The molecule has 33 heavy (non-hydrogen) atoms. The number of alkyl carbamates (subject to hydrolysis) is 1. The van der Waals surface area contributed by atoms with E-state index < -0.39 is 23.6 Å². The largest absolute Gasteiger partial charge is 0.444 e. The van der Waals surface area contributed by atoms with Crippen molar-refractivity contribution >= 4 is 23.7 Å². The van der Waals surface area contributed by atoms with Crippen LogP contribution in [0.15, 0.2) is 73.8 Å². The van der Waals surface area contributed by atoms with E-state index in [-0.39, 0.29) is 13.1 Å². The van der Waals surface area contributed by atoms with E-state index in [9.17, 15) is 14.4 Å². The molecule has 2 aromatic carbocycles. The Hall–Kier alpha value is -3.87. The molecule has 0 aliphatic carbocycles. The third-order valence-corrected chi connectivity index (χ3v) is 4.50. The van der Waals surface area contributed by atoms with Crippen LogP contribution in [-0.2, 0) is 17.7 Å². The van der Waals surface area contributed by atoms with Gasteiger partial charge in [-0.1, -0.05) is 48.6 Å². The van der Waals surface area contributed by atoms with Gasteiger partial charge in [0.2, 0.25) is 0 Å². The second-order valence-corrected chi connectivity index (χ2v) is 8.30. The van der Waals surface area contributed by atoms with Crippen molar-refractivity contribution in [3.05, 3.63) is 90.5 Å². The highest BCUT2D eigenvalue weighted by atomic mass is 16.6. The minimum atomic E-state index is -0.620. The molecular formula is C26H31N3O4. The standard InChI is InChI=1S/C26H31N3O4/c1-6-12-19-13-8-10-15-21(19)23(30)29(17-7-2)24(31)28-22-16-11-9-14-20(22)18-27-25(32)33-26(3,4)5/h6-11,13-16H,1-2,12,17-18H2,3-5H3,(H,27,32)(H,28,31). The molecule has 2 N–H and O–H groups in total. The van der Waals surface area contributed by atoms with Crippen LogP contribution < -0.4 is 10.6 Å². The number of allylic oxidation sites excluding steroid dienone is 1. The van der Waals surface area contributed by atoms with Crippen LogP contribution in [0.1, 0.15) is 42.3 Å². The van der Waals surface area contributed by atoms with Gasteiger partial charge < -0.3 is 15.4 Å². The van der Waals surface area contributed by atoms with Gasteiger partial charge in [0.15, 0.2) is 0 Å². The van der Waals surface area contributed by atoms with E-state index in [0.717, 1.165) is 10.5 Å². The predicted octanol–water partition coefficient (Wildman–Crippen LogP) is 5.30. The number of carbonyl (C=O) groups excluding carboxylic acids is 3. The number of urea groups is 1. The molecule has 0 aliphatic heterocycles. The SMILES string of the molecule is C=CCc1ccccc1C(=O)N(CC=C)C(=O)Nc1ccccc1CNC(=O)OC(C)(C)C. The number of imide groups is 1. The second-order valence-electron chi connectivity index (χ2n) is 8.30. The molecule has 2 aromatic rings. The first kappa shape index (κ1) is 25.4. The van der Waals surface area contributed by atoms with Gasteiger partial charge in [-0.15, -0.1) is 13.2 Å². The minimum Gasteiger partial charge on any atom is -0.444 e. The van der Waals surface area contributed by atoms with Crippen LogP contribution in [0, 0.1) is 0 Å².